The molecule has 2 fully saturated rings. The Kier molecular flexibility index (Phi) is 6.27. The molecule has 0 spiro atoms. The van der Waals surface area contributed by atoms with Gasteiger partial charge in [0.25, 0.3) is 0 Å². The number of rotatable bonds is 4. The van der Waals surface area contributed by atoms with Crippen LogP contribution in [-0.4, -0.2) is 94.8 Å². The normalized spacial score (nSPS) is 51.7. The van der Waals surface area contributed by atoms with Crippen LogP contribution in [0.4, 0.5) is 0 Å². The summed E-state index contributed by atoms with van der Waals surface area (Å²) in [6.45, 7) is -0.121. The minimum absolute atomic E-state index is 0.0604. The molecule has 0 saturated carbocycles. The third-order valence-corrected chi connectivity index (χ3v) is 4.23. The molecule has 2 rings (SSSR count). The Balaban J connectivity index is 2.07. The molecule has 0 radical (unpaired) electrons. The van der Waals surface area contributed by atoms with E-state index in [0.717, 1.165) is 0 Å². The smallest absolute Gasteiger partial charge is 0.178 e. The highest BCUT2D eigenvalue weighted by Crippen LogP contribution is 2.26. The number of aliphatic hydroxyl groups is 4. The Bertz CT molecular complexity index is 354. The van der Waals surface area contributed by atoms with Gasteiger partial charge in [-0.05, 0) is 0 Å². The average molecular weight is 338 g/mol. The summed E-state index contributed by atoms with van der Waals surface area (Å²) in [5, 5.41) is 39.5. The van der Waals surface area contributed by atoms with Crippen LogP contribution in [0.15, 0.2) is 0 Å². The summed E-state index contributed by atoms with van der Waals surface area (Å²) in [6, 6.07) is -2.16. The lowest BCUT2D eigenvalue weighted by Gasteiger charge is -2.45. The lowest BCUT2D eigenvalue weighted by molar-refractivity contribution is -0.337. The number of ether oxygens (including phenoxy) is 3. The third kappa shape index (κ3) is 3.65. The minimum atomic E-state index is -1.32. The summed E-state index contributed by atoms with van der Waals surface area (Å²) in [6.07, 6.45) is -9.23. The first kappa shape index (κ1) is 18.9. The molecule has 2 heterocycles. The maximum atomic E-state index is 9.93. The Morgan fingerprint density at radius 2 is 1.04 bits per heavy atom. The van der Waals surface area contributed by atoms with Crippen molar-refractivity contribution in [1.29, 1.82) is 0 Å². The molecule has 23 heavy (non-hydrogen) atoms. The van der Waals surface area contributed by atoms with E-state index in [1.807, 2.05) is 0 Å². The summed E-state index contributed by atoms with van der Waals surface area (Å²) >= 11 is 0. The zero-order valence-electron chi connectivity index (χ0n) is 12.5. The molecule has 10 atom stereocenters. The van der Waals surface area contributed by atoms with Crippen molar-refractivity contribution in [3.05, 3.63) is 0 Å². The first-order chi connectivity index (χ1) is 10.8. The summed E-state index contributed by atoms with van der Waals surface area (Å²) in [7, 11) is 0. The molecule has 0 amide bonds. The minimum Gasteiger partial charge on any atom is -0.388 e. The van der Waals surface area contributed by atoms with Gasteiger partial charge in [-0.3, -0.25) is 0 Å². The van der Waals surface area contributed by atoms with Crippen molar-refractivity contribution in [2.45, 2.75) is 61.3 Å². The summed E-state index contributed by atoms with van der Waals surface area (Å²) in [5.41, 5.74) is 22.5. The summed E-state index contributed by atoms with van der Waals surface area (Å²) in [4.78, 5) is 0. The van der Waals surface area contributed by atoms with Gasteiger partial charge in [0.05, 0.1) is 12.1 Å². The SMILES string of the molecule is NC[C@H]1O[C@@H](O[C@H]2O[C@H](CN)[C@@H](O)[C@H](O)[C@H]2N)[C@H](N)[C@@H](O)[C@@H]1O. The van der Waals surface area contributed by atoms with Gasteiger partial charge in [0.1, 0.15) is 36.6 Å². The molecule has 0 aromatic carbocycles. The highest BCUT2D eigenvalue weighted by molar-refractivity contribution is 4.95. The topological polar surface area (TPSA) is 213 Å². The van der Waals surface area contributed by atoms with Crippen LogP contribution < -0.4 is 22.9 Å². The van der Waals surface area contributed by atoms with Crippen LogP contribution in [0.1, 0.15) is 0 Å². The maximum absolute atomic E-state index is 9.93. The lowest BCUT2D eigenvalue weighted by atomic mass is 9.96. The highest BCUT2D eigenvalue weighted by Gasteiger charge is 2.48. The second-order valence-corrected chi connectivity index (χ2v) is 5.81. The molecule has 2 saturated heterocycles. The van der Waals surface area contributed by atoms with E-state index in [4.69, 9.17) is 37.1 Å². The van der Waals surface area contributed by atoms with Crippen molar-refractivity contribution in [2.75, 3.05) is 13.1 Å². The molecular weight excluding hydrogens is 312 g/mol. The van der Waals surface area contributed by atoms with E-state index in [2.05, 4.69) is 0 Å². The molecular formula is C12H26N4O7. The molecule has 0 unspecified atom stereocenters. The van der Waals surface area contributed by atoms with Gasteiger partial charge < -0.3 is 57.6 Å². The molecule has 0 bridgehead atoms. The number of aliphatic hydroxyl groups excluding tert-OH is 4. The lowest BCUT2D eigenvalue weighted by Crippen LogP contribution is -2.67. The standard InChI is InChI=1S/C12H26N4O7/c13-1-3-7(17)9(19)5(15)11(21-3)23-12-6(16)10(20)8(18)4(2-14)22-12/h3-12,17-20H,1-2,13-16H2/t3-,4-,5-,6-,7-,8-,9-,10-,11-,12+/m1/s1. The van der Waals surface area contributed by atoms with E-state index in [0.29, 0.717) is 0 Å². The number of hydrogen-bond acceptors (Lipinski definition) is 11. The Morgan fingerprint density at radius 3 is 1.35 bits per heavy atom. The first-order valence-electron chi connectivity index (χ1n) is 7.41. The zero-order valence-corrected chi connectivity index (χ0v) is 12.5. The van der Waals surface area contributed by atoms with E-state index < -0.39 is 61.3 Å². The van der Waals surface area contributed by atoms with Crippen LogP contribution in [0, 0.1) is 0 Å². The fraction of sp³-hybridized carbons (Fsp3) is 1.00. The van der Waals surface area contributed by atoms with Crippen molar-refractivity contribution in [3.63, 3.8) is 0 Å². The highest BCUT2D eigenvalue weighted by atomic mass is 16.8. The van der Waals surface area contributed by atoms with Crippen LogP contribution in [0.5, 0.6) is 0 Å². The molecule has 12 N–H and O–H groups in total. The molecule has 2 aliphatic rings. The molecule has 0 aliphatic carbocycles. The van der Waals surface area contributed by atoms with Crippen molar-refractivity contribution < 1.29 is 34.6 Å². The monoisotopic (exact) mass is 338 g/mol. The second kappa shape index (κ2) is 7.63. The summed E-state index contributed by atoms with van der Waals surface area (Å²) in [5.74, 6) is 0. The molecule has 2 aliphatic heterocycles. The average Bonchev–Trinajstić information content (AvgIpc) is 2.55. The van der Waals surface area contributed by atoms with E-state index in [9.17, 15) is 20.4 Å². The molecule has 11 nitrogen and oxygen atoms in total. The predicted molar refractivity (Wildman–Crippen MR) is 76.5 cm³/mol. The molecule has 0 aromatic heterocycles. The second-order valence-electron chi connectivity index (χ2n) is 5.81. The van der Waals surface area contributed by atoms with Gasteiger partial charge in [0, 0.05) is 13.1 Å². The Labute approximate surface area is 133 Å². The third-order valence-electron chi connectivity index (χ3n) is 4.23. The number of hydrogen-bond donors (Lipinski definition) is 8. The Morgan fingerprint density at radius 1 is 0.696 bits per heavy atom. The van der Waals surface area contributed by atoms with Crippen LogP contribution >= 0.6 is 0 Å². The van der Waals surface area contributed by atoms with Gasteiger partial charge in [0.2, 0.25) is 0 Å². The van der Waals surface area contributed by atoms with Crippen molar-refractivity contribution in [3.8, 4) is 0 Å². The van der Waals surface area contributed by atoms with Crippen molar-refractivity contribution in [2.24, 2.45) is 22.9 Å². The zero-order chi connectivity index (χ0) is 17.3. The van der Waals surface area contributed by atoms with Crippen molar-refractivity contribution in [1.82, 2.24) is 0 Å². The fourth-order valence-corrected chi connectivity index (χ4v) is 2.67. The predicted octanol–water partition coefficient (Wildman–Crippen LogP) is -5.53. The fourth-order valence-electron chi connectivity index (χ4n) is 2.67. The van der Waals surface area contributed by atoms with Crippen LogP contribution in [0.25, 0.3) is 0 Å². The van der Waals surface area contributed by atoms with Crippen LogP contribution in [-0.2, 0) is 14.2 Å². The van der Waals surface area contributed by atoms with Gasteiger partial charge in [-0.25, -0.2) is 0 Å². The first-order valence-corrected chi connectivity index (χ1v) is 7.41. The Hall–Kier alpha value is -0.440. The molecule has 136 valence electrons. The van der Waals surface area contributed by atoms with Crippen LogP contribution in [0.2, 0.25) is 0 Å². The van der Waals surface area contributed by atoms with E-state index in [1.54, 1.807) is 0 Å². The summed E-state index contributed by atoms with van der Waals surface area (Å²) < 4.78 is 16.3. The molecule has 11 heteroatoms. The van der Waals surface area contributed by atoms with Crippen molar-refractivity contribution >= 4 is 0 Å². The number of nitrogens with two attached hydrogens (primary N) is 4. The van der Waals surface area contributed by atoms with E-state index in [-0.39, 0.29) is 13.1 Å². The van der Waals surface area contributed by atoms with Gasteiger partial charge in [-0.1, -0.05) is 0 Å². The van der Waals surface area contributed by atoms with Gasteiger partial charge in [0.15, 0.2) is 12.6 Å². The quantitative estimate of drug-likeness (QED) is 0.242. The van der Waals surface area contributed by atoms with E-state index >= 15 is 0 Å². The van der Waals surface area contributed by atoms with Gasteiger partial charge in [-0.2, -0.15) is 0 Å². The van der Waals surface area contributed by atoms with E-state index in [1.165, 1.54) is 0 Å². The molecule has 0 aromatic rings. The van der Waals surface area contributed by atoms with Gasteiger partial charge >= 0.3 is 0 Å². The largest absolute Gasteiger partial charge is 0.388 e. The van der Waals surface area contributed by atoms with Crippen LogP contribution in [0.3, 0.4) is 0 Å². The maximum Gasteiger partial charge on any atom is 0.178 e. The van der Waals surface area contributed by atoms with Gasteiger partial charge in [-0.15, -0.1) is 0 Å².